The van der Waals surface area contributed by atoms with E-state index < -0.39 is 5.97 Å². The van der Waals surface area contributed by atoms with Crippen molar-refractivity contribution in [1.29, 1.82) is 0 Å². The Morgan fingerprint density at radius 3 is 2.18 bits per heavy atom. The van der Waals surface area contributed by atoms with Crippen LogP contribution in [0.3, 0.4) is 0 Å². The third-order valence-electron chi connectivity index (χ3n) is 4.20. The monoisotopic (exact) mass is 382 g/mol. The summed E-state index contributed by atoms with van der Waals surface area (Å²) >= 11 is 0. The highest BCUT2D eigenvalue weighted by atomic mass is 16.5. The van der Waals surface area contributed by atoms with Gasteiger partial charge in [-0.15, -0.1) is 0 Å². The molecule has 0 saturated carbocycles. The number of rotatable bonds is 8. The summed E-state index contributed by atoms with van der Waals surface area (Å²) < 4.78 is 5.20. The van der Waals surface area contributed by atoms with Crippen LogP contribution in [0.4, 0.5) is 0 Å². The molecule has 0 fully saturated rings. The number of ether oxygens (including phenoxy) is 1. The fourth-order valence-corrected chi connectivity index (χ4v) is 2.62. The van der Waals surface area contributed by atoms with E-state index in [9.17, 15) is 14.4 Å². The van der Waals surface area contributed by atoms with E-state index in [1.54, 1.807) is 29.2 Å². The molecule has 0 aliphatic rings. The molecule has 0 radical (unpaired) electrons. The topological polar surface area (TPSA) is 75.7 Å². The van der Waals surface area contributed by atoms with Gasteiger partial charge in [0.15, 0.2) is 6.61 Å². The number of nitrogens with one attached hydrogen (secondary N) is 1. The first kappa shape index (κ1) is 21.2. The summed E-state index contributed by atoms with van der Waals surface area (Å²) in [5, 5.41) is 2.69. The second kappa shape index (κ2) is 10.3. The Kier molecular flexibility index (Phi) is 7.75. The van der Waals surface area contributed by atoms with Crippen molar-refractivity contribution in [2.75, 3.05) is 6.61 Å². The lowest BCUT2D eigenvalue weighted by Gasteiger charge is -2.26. The minimum atomic E-state index is -0.553. The number of amides is 2. The quantitative estimate of drug-likeness (QED) is 0.713. The number of hydrogen-bond donors (Lipinski definition) is 1. The summed E-state index contributed by atoms with van der Waals surface area (Å²) in [6.45, 7) is 5.85. The van der Waals surface area contributed by atoms with Gasteiger partial charge in [-0.05, 0) is 37.1 Å². The highest BCUT2D eigenvalue weighted by molar-refractivity contribution is 5.91. The number of carbonyl (C=O) groups is 3. The second-order valence-corrected chi connectivity index (χ2v) is 6.78. The Morgan fingerprint density at radius 2 is 1.61 bits per heavy atom. The summed E-state index contributed by atoms with van der Waals surface area (Å²) in [4.78, 5) is 37.4. The minimum absolute atomic E-state index is 0.0144. The molecule has 0 aliphatic carbocycles. The first-order valence-electron chi connectivity index (χ1n) is 9.20. The van der Waals surface area contributed by atoms with Gasteiger partial charge >= 0.3 is 5.97 Å². The Hall–Kier alpha value is -3.15. The van der Waals surface area contributed by atoms with Crippen molar-refractivity contribution in [2.24, 2.45) is 0 Å². The van der Waals surface area contributed by atoms with E-state index in [0.29, 0.717) is 18.7 Å². The molecule has 6 heteroatoms. The lowest BCUT2D eigenvalue weighted by molar-refractivity contribution is -0.137. The number of benzene rings is 2. The van der Waals surface area contributed by atoms with Gasteiger partial charge < -0.3 is 15.0 Å². The molecule has 2 aromatic rings. The first-order valence-corrected chi connectivity index (χ1v) is 9.20. The van der Waals surface area contributed by atoms with E-state index in [4.69, 9.17) is 4.74 Å². The van der Waals surface area contributed by atoms with Gasteiger partial charge in [-0.3, -0.25) is 9.59 Å². The zero-order valence-electron chi connectivity index (χ0n) is 16.5. The normalized spacial score (nSPS) is 10.4. The standard InChI is InChI=1S/C22H26N2O4/c1-16(2)24(14-19-7-5-4-6-8-19)21(26)15-28-22(27)20-11-9-18(10-12-20)13-23-17(3)25/h4-12,16H,13-15H2,1-3H3,(H,23,25). The largest absolute Gasteiger partial charge is 0.452 e. The van der Waals surface area contributed by atoms with Gasteiger partial charge in [0.05, 0.1) is 5.56 Å². The third-order valence-corrected chi connectivity index (χ3v) is 4.20. The van der Waals surface area contributed by atoms with Gasteiger partial charge in [0.1, 0.15) is 0 Å². The summed E-state index contributed by atoms with van der Waals surface area (Å²) in [5.41, 5.74) is 2.25. The van der Waals surface area contributed by atoms with Crippen molar-refractivity contribution in [2.45, 2.75) is 39.9 Å². The molecule has 0 unspecified atom stereocenters. The third kappa shape index (κ3) is 6.54. The van der Waals surface area contributed by atoms with Crippen molar-refractivity contribution >= 4 is 17.8 Å². The molecule has 2 aromatic carbocycles. The van der Waals surface area contributed by atoms with E-state index >= 15 is 0 Å². The molecule has 0 heterocycles. The molecular weight excluding hydrogens is 356 g/mol. The predicted octanol–water partition coefficient (Wildman–Crippen LogP) is 2.92. The molecule has 6 nitrogen and oxygen atoms in total. The van der Waals surface area contributed by atoms with E-state index in [1.807, 2.05) is 44.2 Å². The second-order valence-electron chi connectivity index (χ2n) is 6.78. The molecule has 148 valence electrons. The van der Waals surface area contributed by atoms with Crippen LogP contribution >= 0.6 is 0 Å². The fraction of sp³-hybridized carbons (Fsp3) is 0.318. The average Bonchev–Trinajstić information content (AvgIpc) is 2.69. The average molecular weight is 382 g/mol. The predicted molar refractivity (Wildman–Crippen MR) is 106 cm³/mol. The molecule has 1 N–H and O–H groups in total. The highest BCUT2D eigenvalue weighted by Gasteiger charge is 2.19. The Morgan fingerprint density at radius 1 is 0.964 bits per heavy atom. The van der Waals surface area contributed by atoms with Crippen molar-refractivity contribution < 1.29 is 19.1 Å². The maximum absolute atomic E-state index is 12.5. The van der Waals surface area contributed by atoms with Crippen molar-refractivity contribution in [3.63, 3.8) is 0 Å². The summed E-state index contributed by atoms with van der Waals surface area (Å²) in [5.74, 6) is -0.912. The Balaban J connectivity index is 1.91. The smallest absolute Gasteiger partial charge is 0.338 e. The molecule has 0 spiro atoms. The molecule has 0 bridgehead atoms. The van der Waals surface area contributed by atoms with Gasteiger partial charge in [-0.2, -0.15) is 0 Å². The van der Waals surface area contributed by atoms with E-state index in [0.717, 1.165) is 11.1 Å². The zero-order valence-corrected chi connectivity index (χ0v) is 16.5. The van der Waals surface area contributed by atoms with Crippen molar-refractivity contribution in [3.8, 4) is 0 Å². The molecule has 2 amide bonds. The maximum Gasteiger partial charge on any atom is 0.338 e. The van der Waals surface area contributed by atoms with Gasteiger partial charge in [0.25, 0.3) is 5.91 Å². The summed E-state index contributed by atoms with van der Waals surface area (Å²) in [7, 11) is 0. The van der Waals surface area contributed by atoms with Gasteiger partial charge in [-0.1, -0.05) is 42.5 Å². The van der Waals surface area contributed by atoms with Crippen LogP contribution in [-0.4, -0.2) is 35.3 Å². The van der Waals surface area contributed by atoms with Crippen molar-refractivity contribution in [1.82, 2.24) is 10.2 Å². The van der Waals surface area contributed by atoms with Crippen LogP contribution in [0.1, 0.15) is 42.3 Å². The fourth-order valence-electron chi connectivity index (χ4n) is 2.62. The Labute approximate surface area is 165 Å². The Bertz CT molecular complexity index is 801. The lowest BCUT2D eigenvalue weighted by Crippen LogP contribution is -2.39. The van der Waals surface area contributed by atoms with Crippen LogP contribution in [-0.2, 0) is 27.4 Å². The minimum Gasteiger partial charge on any atom is -0.452 e. The maximum atomic E-state index is 12.5. The van der Waals surface area contributed by atoms with E-state index in [2.05, 4.69) is 5.32 Å². The number of hydrogen-bond acceptors (Lipinski definition) is 4. The highest BCUT2D eigenvalue weighted by Crippen LogP contribution is 2.10. The van der Waals surface area contributed by atoms with E-state index in [-0.39, 0.29) is 24.5 Å². The molecule has 2 rings (SSSR count). The van der Waals surface area contributed by atoms with Crippen LogP contribution < -0.4 is 5.32 Å². The summed E-state index contributed by atoms with van der Waals surface area (Å²) in [6.07, 6.45) is 0. The first-order chi connectivity index (χ1) is 13.4. The van der Waals surface area contributed by atoms with Crippen LogP contribution in [0.5, 0.6) is 0 Å². The van der Waals surface area contributed by atoms with Gasteiger partial charge in [0, 0.05) is 26.1 Å². The lowest BCUT2D eigenvalue weighted by atomic mass is 10.1. The van der Waals surface area contributed by atoms with Crippen molar-refractivity contribution in [3.05, 3.63) is 71.3 Å². The molecule has 0 aromatic heterocycles. The molecule has 0 saturated heterocycles. The summed E-state index contributed by atoms with van der Waals surface area (Å²) in [6, 6.07) is 16.4. The van der Waals surface area contributed by atoms with Crippen LogP contribution in [0.2, 0.25) is 0 Å². The number of esters is 1. The van der Waals surface area contributed by atoms with Crippen LogP contribution in [0.15, 0.2) is 54.6 Å². The van der Waals surface area contributed by atoms with E-state index in [1.165, 1.54) is 6.92 Å². The zero-order chi connectivity index (χ0) is 20.5. The van der Waals surface area contributed by atoms with Gasteiger partial charge in [-0.25, -0.2) is 4.79 Å². The molecule has 28 heavy (non-hydrogen) atoms. The molecule has 0 atom stereocenters. The number of nitrogens with zero attached hydrogens (tertiary/aromatic N) is 1. The van der Waals surface area contributed by atoms with Crippen LogP contribution in [0, 0.1) is 0 Å². The SMILES string of the molecule is CC(=O)NCc1ccc(C(=O)OCC(=O)N(Cc2ccccc2)C(C)C)cc1. The molecule has 0 aliphatic heterocycles. The van der Waals surface area contributed by atoms with Gasteiger partial charge in [0.2, 0.25) is 5.91 Å². The number of carbonyl (C=O) groups excluding carboxylic acids is 3. The van der Waals surface area contributed by atoms with Crippen LogP contribution in [0.25, 0.3) is 0 Å². The molecular formula is C22H26N2O4.